The Kier molecular flexibility index (Phi) is 10.1. The lowest BCUT2D eigenvalue weighted by molar-refractivity contribution is -0.162. The molecular weight excluding hydrogens is 610 g/mol. The molecule has 8 atom stereocenters. The number of nitrogens with zero attached hydrogens (tertiary/aromatic N) is 2. The minimum Gasteiger partial charge on any atom is -0.455 e. The van der Waals surface area contributed by atoms with Gasteiger partial charge in [0.05, 0.1) is 30.7 Å². The van der Waals surface area contributed by atoms with E-state index in [4.69, 9.17) is 9.47 Å². The van der Waals surface area contributed by atoms with Gasteiger partial charge in [0, 0.05) is 19.5 Å². The summed E-state index contributed by atoms with van der Waals surface area (Å²) in [5.41, 5.74) is -0.116. The molecule has 0 unspecified atom stereocenters. The lowest BCUT2D eigenvalue weighted by Gasteiger charge is -2.38. The third-order valence-corrected chi connectivity index (χ3v) is 10.1. The second-order valence-corrected chi connectivity index (χ2v) is 13.2. The summed E-state index contributed by atoms with van der Waals surface area (Å²) in [5, 5.41) is 13.8. The van der Waals surface area contributed by atoms with Gasteiger partial charge in [-0.2, -0.15) is 0 Å². The van der Waals surface area contributed by atoms with Crippen molar-refractivity contribution in [2.24, 2.45) is 11.8 Å². The lowest BCUT2D eigenvalue weighted by Crippen LogP contribution is -2.56. The molecule has 48 heavy (non-hydrogen) atoms. The molecule has 2 aromatic carbocycles. The van der Waals surface area contributed by atoms with E-state index in [1.165, 1.54) is 4.90 Å². The number of aliphatic hydroxyl groups is 1. The predicted molar refractivity (Wildman–Crippen MR) is 178 cm³/mol. The molecule has 0 aromatic heterocycles. The lowest BCUT2D eigenvalue weighted by atomic mass is 9.77. The van der Waals surface area contributed by atoms with Crippen LogP contribution in [0.3, 0.4) is 0 Å². The number of allylic oxidation sites excluding steroid dienone is 1. The molecule has 0 saturated carbocycles. The topological polar surface area (TPSA) is 125 Å². The number of amides is 3. The number of hydrogen-bond acceptors (Lipinski definition) is 7. The van der Waals surface area contributed by atoms with Gasteiger partial charge in [0.15, 0.2) is 0 Å². The van der Waals surface area contributed by atoms with E-state index in [-0.39, 0.29) is 18.2 Å². The number of rotatable bonds is 8. The van der Waals surface area contributed by atoms with Gasteiger partial charge in [-0.15, -0.1) is 0 Å². The average Bonchev–Trinajstić information content (AvgIpc) is 3.48. The molecule has 4 aliphatic heterocycles. The monoisotopic (exact) mass is 655 g/mol. The third kappa shape index (κ3) is 6.19. The standard InChI is InChI=1S/C38H45N3O7/c1-3-4-13-22-40-23-14-21-38-32(35(44)41(34(38)36(40)45)28(24-42)26-15-7-5-8-16-26)31-29(48-38)19-11-12-20-30(43)39-25(2)33(47-37(31)46)27-17-9-6-10-18-27/h5-11,14-19,21,25,28-29,31-34,42H,3-4,12-13,20,22-24H2,1-2H3,(H,39,43)/b19-11-/t25-,28+,29-,31+,32+,33+,34-,38+/m0/s1. The fourth-order valence-corrected chi connectivity index (χ4v) is 7.81. The van der Waals surface area contributed by atoms with Crippen LogP contribution in [0.1, 0.15) is 69.2 Å². The first kappa shape index (κ1) is 33.6. The summed E-state index contributed by atoms with van der Waals surface area (Å²) in [4.78, 5) is 60.1. The van der Waals surface area contributed by atoms with Crippen LogP contribution in [0.4, 0.5) is 0 Å². The first-order valence-electron chi connectivity index (χ1n) is 17.1. The molecule has 10 nitrogen and oxygen atoms in total. The first-order chi connectivity index (χ1) is 23.3. The Hall–Kier alpha value is -4.28. The summed E-state index contributed by atoms with van der Waals surface area (Å²) in [6.45, 7) is 4.32. The van der Waals surface area contributed by atoms with Crippen molar-refractivity contribution in [3.8, 4) is 0 Å². The average molecular weight is 656 g/mol. The molecule has 3 amide bonds. The molecule has 1 spiro atoms. The summed E-state index contributed by atoms with van der Waals surface area (Å²) in [6, 6.07) is 15.8. The molecule has 0 aliphatic carbocycles. The molecular formula is C38H45N3O7. The van der Waals surface area contributed by atoms with Gasteiger partial charge < -0.3 is 29.7 Å². The predicted octanol–water partition coefficient (Wildman–Crippen LogP) is 4.03. The smallest absolute Gasteiger partial charge is 0.313 e. The molecule has 254 valence electrons. The number of cyclic esters (lactones) is 1. The van der Waals surface area contributed by atoms with E-state index in [0.717, 1.165) is 19.3 Å². The van der Waals surface area contributed by atoms with E-state index in [0.29, 0.717) is 30.6 Å². The molecule has 2 aromatic rings. The van der Waals surface area contributed by atoms with Crippen molar-refractivity contribution in [2.45, 2.75) is 81.9 Å². The third-order valence-electron chi connectivity index (χ3n) is 10.1. The Morgan fingerprint density at radius 3 is 2.42 bits per heavy atom. The van der Waals surface area contributed by atoms with Gasteiger partial charge in [0.1, 0.15) is 23.7 Å². The molecule has 4 aliphatic rings. The van der Waals surface area contributed by atoms with Gasteiger partial charge in [-0.05, 0) is 30.9 Å². The molecule has 2 fully saturated rings. The van der Waals surface area contributed by atoms with Crippen LogP contribution in [-0.2, 0) is 28.7 Å². The van der Waals surface area contributed by atoms with Crippen LogP contribution in [0.25, 0.3) is 0 Å². The van der Waals surface area contributed by atoms with Crippen molar-refractivity contribution in [2.75, 3.05) is 19.7 Å². The van der Waals surface area contributed by atoms with Crippen molar-refractivity contribution in [3.05, 3.63) is 96.1 Å². The number of nitrogens with one attached hydrogen (secondary N) is 1. The van der Waals surface area contributed by atoms with Gasteiger partial charge in [-0.1, -0.05) is 105 Å². The number of fused-ring (bicyclic) bond motifs is 2. The van der Waals surface area contributed by atoms with E-state index < -0.39 is 66.3 Å². The quantitative estimate of drug-likeness (QED) is 0.250. The number of likely N-dealkylation sites (tertiary alicyclic amines) is 1. The largest absolute Gasteiger partial charge is 0.455 e. The van der Waals surface area contributed by atoms with E-state index >= 15 is 0 Å². The number of unbranched alkanes of at least 4 members (excludes halogenated alkanes) is 2. The Labute approximate surface area is 281 Å². The van der Waals surface area contributed by atoms with Crippen molar-refractivity contribution >= 4 is 23.7 Å². The summed E-state index contributed by atoms with van der Waals surface area (Å²) in [7, 11) is 0. The minimum absolute atomic E-state index is 0.175. The van der Waals surface area contributed by atoms with Crippen LogP contribution in [0.2, 0.25) is 0 Å². The fourth-order valence-electron chi connectivity index (χ4n) is 7.81. The van der Waals surface area contributed by atoms with Gasteiger partial charge in [-0.25, -0.2) is 0 Å². The number of carbonyl (C=O) groups excluding carboxylic acids is 4. The molecule has 2 N–H and O–H groups in total. The molecule has 0 radical (unpaired) electrons. The van der Waals surface area contributed by atoms with Crippen molar-refractivity contribution < 1.29 is 33.8 Å². The molecule has 4 heterocycles. The Bertz CT molecular complexity index is 1550. The number of aliphatic hydroxyl groups excluding tert-OH is 1. The Morgan fingerprint density at radius 1 is 0.979 bits per heavy atom. The number of carbonyl (C=O) groups is 4. The van der Waals surface area contributed by atoms with Crippen LogP contribution >= 0.6 is 0 Å². The summed E-state index contributed by atoms with van der Waals surface area (Å²) in [5.74, 6) is -3.73. The zero-order valence-corrected chi connectivity index (χ0v) is 27.6. The minimum atomic E-state index is -1.49. The van der Waals surface area contributed by atoms with E-state index in [9.17, 15) is 24.3 Å². The maximum atomic E-state index is 14.9. The number of hydrogen-bond donors (Lipinski definition) is 2. The highest BCUT2D eigenvalue weighted by molar-refractivity contribution is 5.99. The van der Waals surface area contributed by atoms with Gasteiger partial charge in [0.2, 0.25) is 17.7 Å². The normalized spacial score (nSPS) is 31.8. The molecule has 2 saturated heterocycles. The molecule has 6 rings (SSSR count). The Balaban J connectivity index is 1.46. The van der Waals surface area contributed by atoms with Crippen molar-refractivity contribution in [1.82, 2.24) is 15.1 Å². The van der Waals surface area contributed by atoms with Crippen molar-refractivity contribution in [3.63, 3.8) is 0 Å². The summed E-state index contributed by atoms with van der Waals surface area (Å²) < 4.78 is 13.1. The van der Waals surface area contributed by atoms with Gasteiger partial charge >= 0.3 is 5.97 Å². The zero-order valence-electron chi connectivity index (χ0n) is 27.6. The van der Waals surface area contributed by atoms with Crippen LogP contribution < -0.4 is 5.32 Å². The molecule has 0 bridgehead atoms. The van der Waals surface area contributed by atoms with Crippen LogP contribution in [-0.4, -0.2) is 82.1 Å². The number of esters is 1. The van der Waals surface area contributed by atoms with Crippen molar-refractivity contribution in [1.29, 1.82) is 0 Å². The summed E-state index contributed by atoms with van der Waals surface area (Å²) >= 11 is 0. The number of ether oxygens (including phenoxy) is 2. The van der Waals surface area contributed by atoms with Gasteiger partial charge in [0.25, 0.3) is 0 Å². The highest BCUT2D eigenvalue weighted by Gasteiger charge is 2.72. The SMILES string of the molecule is CCCCCN1CC=C[C@@]23O[C@H]4/C=C\CCC(=O)N[C@@H](C)[C@H](c5ccccc5)OC(=O)[C@H]4[C@@H]2C(=O)N([C@H](CO)c2ccccc2)[C@H]3C1=O. The van der Waals surface area contributed by atoms with E-state index in [2.05, 4.69) is 12.2 Å². The van der Waals surface area contributed by atoms with Gasteiger partial charge in [-0.3, -0.25) is 19.2 Å². The first-order valence-corrected chi connectivity index (χ1v) is 17.1. The van der Waals surface area contributed by atoms with E-state index in [1.54, 1.807) is 30.1 Å². The second-order valence-electron chi connectivity index (χ2n) is 13.2. The zero-order chi connectivity index (χ0) is 33.8. The Morgan fingerprint density at radius 2 is 1.71 bits per heavy atom. The second kappa shape index (κ2) is 14.5. The van der Waals surface area contributed by atoms with Crippen LogP contribution in [0, 0.1) is 11.8 Å². The number of benzene rings is 2. The van der Waals surface area contributed by atoms with Crippen LogP contribution in [0.5, 0.6) is 0 Å². The fraction of sp³-hybridized carbons (Fsp3) is 0.474. The van der Waals surface area contributed by atoms with E-state index in [1.807, 2.05) is 66.7 Å². The maximum Gasteiger partial charge on any atom is 0.313 e. The highest BCUT2D eigenvalue weighted by Crippen LogP contribution is 2.55. The highest BCUT2D eigenvalue weighted by atomic mass is 16.6. The maximum absolute atomic E-state index is 14.9. The molecule has 10 heteroatoms. The summed E-state index contributed by atoms with van der Waals surface area (Å²) in [6.07, 6.45) is 8.83. The van der Waals surface area contributed by atoms with Crippen LogP contribution in [0.15, 0.2) is 85.0 Å².